The molecule has 0 fully saturated rings. The lowest BCUT2D eigenvalue weighted by Crippen LogP contribution is -2.13. The molecule has 4 nitrogen and oxygen atoms in total. The minimum absolute atomic E-state index is 0.259. The van der Waals surface area contributed by atoms with Gasteiger partial charge < -0.3 is 10.2 Å². The number of nitriles is 1. The van der Waals surface area contributed by atoms with Gasteiger partial charge in [0.2, 0.25) is 0 Å². The second-order valence-electron chi connectivity index (χ2n) is 5.23. The van der Waals surface area contributed by atoms with Gasteiger partial charge in [0.05, 0.1) is 16.9 Å². The van der Waals surface area contributed by atoms with Crippen LogP contribution in [0.4, 0.5) is 24.5 Å². The topological polar surface area (TPSA) is 52.0 Å². The van der Waals surface area contributed by atoms with E-state index in [0.717, 1.165) is 17.8 Å². The van der Waals surface area contributed by atoms with Crippen LogP contribution in [0.5, 0.6) is 0 Å². The third kappa shape index (κ3) is 4.06. The Morgan fingerprint density at radius 2 is 2.08 bits per heavy atom. The van der Waals surface area contributed by atoms with Gasteiger partial charge in [-0.3, -0.25) is 0 Å². The minimum atomic E-state index is -4.44. The van der Waals surface area contributed by atoms with Crippen molar-refractivity contribution in [3.63, 3.8) is 0 Å². The van der Waals surface area contributed by atoms with Crippen LogP contribution in [-0.2, 0) is 6.18 Å². The smallest absolute Gasteiger partial charge is 0.376 e. The molecule has 0 saturated carbocycles. The molecular weight excluding hydrogens is 337 g/mol. The molecule has 1 aromatic carbocycles. The highest BCUT2D eigenvalue weighted by molar-refractivity contribution is 7.10. The second-order valence-corrected chi connectivity index (χ2v) is 6.09. The number of benzene rings is 1. The Kier molecular flexibility index (Phi) is 5.14. The second kappa shape index (κ2) is 6.93. The van der Waals surface area contributed by atoms with Crippen molar-refractivity contribution < 1.29 is 13.2 Å². The van der Waals surface area contributed by atoms with E-state index in [4.69, 9.17) is 0 Å². The van der Waals surface area contributed by atoms with Gasteiger partial charge in [0, 0.05) is 31.4 Å². The van der Waals surface area contributed by atoms with E-state index < -0.39 is 11.7 Å². The number of nitrogens with zero attached hydrogens (tertiary/aromatic N) is 3. The number of nitrogens with one attached hydrogen (secondary N) is 1. The molecule has 0 amide bonds. The molecule has 1 aromatic heterocycles. The Hall–Kier alpha value is -2.53. The molecule has 1 N–H and O–H groups in total. The Bertz CT molecular complexity index is 800. The molecule has 0 bridgehead atoms. The van der Waals surface area contributed by atoms with Crippen LogP contribution >= 0.6 is 11.3 Å². The lowest BCUT2D eigenvalue weighted by atomic mass is 10.1. The predicted molar refractivity (Wildman–Crippen MR) is 89.8 cm³/mol. The first-order chi connectivity index (χ1) is 11.2. The van der Waals surface area contributed by atoms with Gasteiger partial charge in [0.15, 0.2) is 0 Å². The van der Waals surface area contributed by atoms with Crippen LogP contribution in [-0.4, -0.2) is 19.1 Å². The van der Waals surface area contributed by atoms with E-state index in [-0.39, 0.29) is 11.3 Å². The molecule has 0 saturated heterocycles. The van der Waals surface area contributed by atoms with E-state index in [1.807, 2.05) is 6.07 Å². The van der Waals surface area contributed by atoms with Crippen molar-refractivity contribution in [2.45, 2.75) is 13.1 Å². The Labute approximate surface area is 141 Å². The van der Waals surface area contributed by atoms with Gasteiger partial charge in [-0.15, -0.1) is 11.3 Å². The summed E-state index contributed by atoms with van der Waals surface area (Å²) in [6, 6.07) is 5.44. The van der Waals surface area contributed by atoms with Crippen LogP contribution in [0.25, 0.3) is 5.57 Å². The molecule has 0 spiro atoms. The number of thiazole rings is 1. The number of rotatable bonds is 4. The number of anilines is 2. The summed E-state index contributed by atoms with van der Waals surface area (Å²) in [4.78, 5) is 5.90. The fourth-order valence-corrected chi connectivity index (χ4v) is 2.75. The number of halogens is 3. The zero-order chi connectivity index (χ0) is 17.9. The van der Waals surface area contributed by atoms with Gasteiger partial charge in [0.1, 0.15) is 16.6 Å². The van der Waals surface area contributed by atoms with Gasteiger partial charge in [0.25, 0.3) is 0 Å². The van der Waals surface area contributed by atoms with Crippen molar-refractivity contribution in [1.82, 2.24) is 4.98 Å². The van der Waals surface area contributed by atoms with Gasteiger partial charge in [-0.1, -0.05) is 0 Å². The summed E-state index contributed by atoms with van der Waals surface area (Å²) in [5.74, 6) is 0. The Morgan fingerprint density at radius 3 is 2.58 bits per heavy atom. The zero-order valence-corrected chi connectivity index (χ0v) is 14.1. The number of allylic oxidation sites excluding steroid dienone is 1. The third-order valence-electron chi connectivity index (χ3n) is 3.15. The summed E-state index contributed by atoms with van der Waals surface area (Å²) < 4.78 is 38.7. The summed E-state index contributed by atoms with van der Waals surface area (Å²) >= 11 is 1.30. The summed E-state index contributed by atoms with van der Waals surface area (Å²) in [7, 11) is 3.46. The molecule has 24 heavy (non-hydrogen) atoms. The average molecular weight is 352 g/mol. The molecule has 0 radical (unpaired) electrons. The molecule has 126 valence electrons. The zero-order valence-electron chi connectivity index (χ0n) is 13.3. The molecule has 0 unspecified atom stereocenters. The van der Waals surface area contributed by atoms with Crippen LogP contribution in [0.1, 0.15) is 16.3 Å². The molecule has 8 heteroatoms. The molecule has 1 heterocycles. The minimum Gasteiger partial charge on any atom is -0.376 e. The number of aromatic nitrogens is 1. The fourth-order valence-electron chi connectivity index (χ4n) is 1.99. The lowest BCUT2D eigenvalue weighted by molar-refractivity contribution is -0.137. The maximum Gasteiger partial charge on any atom is 0.416 e. The van der Waals surface area contributed by atoms with Crippen molar-refractivity contribution in [1.29, 1.82) is 5.26 Å². The van der Waals surface area contributed by atoms with Gasteiger partial charge in [-0.2, -0.15) is 18.4 Å². The number of hydrogen-bond donors (Lipinski definition) is 1. The molecule has 2 aromatic rings. The van der Waals surface area contributed by atoms with Crippen molar-refractivity contribution in [2.75, 3.05) is 24.3 Å². The number of aryl methyl sites for hydroxylation is 1. The molecule has 0 aliphatic heterocycles. The third-order valence-corrected chi connectivity index (χ3v) is 4.14. The maximum absolute atomic E-state index is 12.9. The Morgan fingerprint density at radius 1 is 1.38 bits per heavy atom. The van der Waals surface area contributed by atoms with E-state index in [2.05, 4.69) is 10.3 Å². The van der Waals surface area contributed by atoms with E-state index in [1.165, 1.54) is 23.6 Å². The SMILES string of the molecule is Cc1csc(/C(C#N)=C/Nc2cc(C(F)(F)F)ccc2N(C)C)n1. The fraction of sp³-hybridized carbons (Fsp3) is 0.250. The van der Waals surface area contributed by atoms with Crippen LogP contribution in [0.15, 0.2) is 29.8 Å². The average Bonchev–Trinajstić information content (AvgIpc) is 2.93. The predicted octanol–water partition coefficient (Wildman–Crippen LogP) is 4.51. The molecule has 2 rings (SSSR count). The van der Waals surface area contributed by atoms with Gasteiger partial charge >= 0.3 is 6.18 Å². The molecule has 0 atom stereocenters. The van der Waals surface area contributed by atoms with Crippen LogP contribution in [0, 0.1) is 18.3 Å². The number of alkyl halides is 3. The van der Waals surface area contributed by atoms with Crippen molar-refractivity contribution in [2.24, 2.45) is 0 Å². The molecule has 0 aliphatic rings. The Balaban J connectivity index is 2.39. The summed E-state index contributed by atoms with van der Waals surface area (Å²) in [5, 5.41) is 14.4. The van der Waals surface area contributed by atoms with E-state index in [9.17, 15) is 18.4 Å². The summed E-state index contributed by atoms with van der Waals surface area (Å²) in [6.45, 7) is 1.80. The first-order valence-electron chi connectivity index (χ1n) is 6.90. The highest BCUT2D eigenvalue weighted by Crippen LogP contribution is 2.35. The van der Waals surface area contributed by atoms with Crippen molar-refractivity contribution in [3.05, 3.63) is 46.0 Å². The lowest BCUT2D eigenvalue weighted by Gasteiger charge is -2.19. The first kappa shape index (κ1) is 17.8. The highest BCUT2D eigenvalue weighted by Gasteiger charge is 2.31. The normalized spacial score (nSPS) is 12.0. The standard InChI is InChI=1S/C16H15F3N4S/c1-10-9-24-15(22-10)11(7-20)8-21-13-6-12(16(17,18)19)4-5-14(13)23(2)3/h4-6,8-9,21H,1-3H3/b11-8+. The first-order valence-corrected chi connectivity index (χ1v) is 7.78. The largest absolute Gasteiger partial charge is 0.416 e. The number of hydrogen-bond acceptors (Lipinski definition) is 5. The van der Waals surface area contributed by atoms with Gasteiger partial charge in [-0.05, 0) is 25.1 Å². The van der Waals surface area contributed by atoms with E-state index in [0.29, 0.717) is 10.7 Å². The van der Waals surface area contributed by atoms with Crippen molar-refractivity contribution >= 4 is 28.3 Å². The molecule has 0 aliphatic carbocycles. The van der Waals surface area contributed by atoms with E-state index >= 15 is 0 Å². The monoisotopic (exact) mass is 352 g/mol. The summed E-state index contributed by atoms with van der Waals surface area (Å²) in [5.41, 5.74) is 1.12. The summed E-state index contributed by atoms with van der Waals surface area (Å²) in [6.07, 6.45) is -3.06. The van der Waals surface area contributed by atoms with Crippen LogP contribution in [0.2, 0.25) is 0 Å². The molecular formula is C16H15F3N4S. The highest BCUT2D eigenvalue weighted by atomic mass is 32.1. The maximum atomic E-state index is 12.9. The van der Waals surface area contributed by atoms with E-state index in [1.54, 1.807) is 31.3 Å². The van der Waals surface area contributed by atoms with Crippen LogP contribution in [0.3, 0.4) is 0 Å². The van der Waals surface area contributed by atoms with Crippen molar-refractivity contribution in [3.8, 4) is 6.07 Å². The quantitative estimate of drug-likeness (QED) is 0.823. The van der Waals surface area contributed by atoms with Crippen LogP contribution < -0.4 is 10.2 Å². The van der Waals surface area contributed by atoms with Gasteiger partial charge in [-0.25, -0.2) is 4.98 Å².